The van der Waals surface area contributed by atoms with Crippen LogP contribution >= 0.6 is 0 Å². The lowest BCUT2D eigenvalue weighted by Crippen LogP contribution is -2.25. The zero-order chi connectivity index (χ0) is 15.2. The molecule has 1 aliphatic rings. The molecule has 2 rings (SSSR count). The van der Waals surface area contributed by atoms with Gasteiger partial charge in [0.1, 0.15) is 11.6 Å². The first kappa shape index (κ1) is 16.3. The SMILES string of the molecule is CCCNC(C)c1c(F)cccc1OC1CCC(C)CC1. The van der Waals surface area contributed by atoms with Crippen molar-refractivity contribution in [3.63, 3.8) is 0 Å². The smallest absolute Gasteiger partial charge is 0.131 e. The molecule has 1 unspecified atom stereocenters. The Morgan fingerprint density at radius 3 is 2.67 bits per heavy atom. The number of hydrogen-bond donors (Lipinski definition) is 1. The molecular weight excluding hydrogens is 265 g/mol. The highest BCUT2D eigenvalue weighted by Gasteiger charge is 2.22. The highest BCUT2D eigenvalue weighted by Crippen LogP contribution is 2.32. The van der Waals surface area contributed by atoms with Crippen LogP contribution in [0, 0.1) is 11.7 Å². The van der Waals surface area contributed by atoms with Gasteiger partial charge in [-0.25, -0.2) is 4.39 Å². The Morgan fingerprint density at radius 2 is 2.00 bits per heavy atom. The lowest BCUT2D eigenvalue weighted by atomic mass is 9.89. The first-order valence-corrected chi connectivity index (χ1v) is 8.30. The lowest BCUT2D eigenvalue weighted by molar-refractivity contribution is 0.133. The van der Waals surface area contributed by atoms with E-state index in [1.54, 1.807) is 6.07 Å². The molecule has 0 saturated heterocycles. The van der Waals surface area contributed by atoms with E-state index in [9.17, 15) is 4.39 Å². The molecule has 0 bridgehead atoms. The van der Waals surface area contributed by atoms with E-state index in [2.05, 4.69) is 19.2 Å². The molecule has 21 heavy (non-hydrogen) atoms. The van der Waals surface area contributed by atoms with E-state index in [0.717, 1.165) is 31.7 Å². The third kappa shape index (κ3) is 4.44. The Hall–Kier alpha value is -1.09. The fraction of sp³-hybridized carbons (Fsp3) is 0.667. The standard InChI is InChI=1S/C18H28FNO/c1-4-12-20-14(3)18-16(19)6-5-7-17(18)21-15-10-8-13(2)9-11-15/h5-7,13-15,20H,4,8-12H2,1-3H3. The van der Waals surface area contributed by atoms with Gasteiger partial charge in [0.15, 0.2) is 0 Å². The van der Waals surface area contributed by atoms with Crippen molar-refractivity contribution < 1.29 is 9.13 Å². The molecule has 0 radical (unpaired) electrons. The highest BCUT2D eigenvalue weighted by atomic mass is 19.1. The van der Waals surface area contributed by atoms with Crippen molar-refractivity contribution in [2.75, 3.05) is 6.54 Å². The second-order valence-electron chi connectivity index (χ2n) is 6.33. The summed E-state index contributed by atoms with van der Waals surface area (Å²) in [5, 5.41) is 3.35. The van der Waals surface area contributed by atoms with Gasteiger partial charge in [0.05, 0.1) is 6.10 Å². The van der Waals surface area contributed by atoms with Crippen LogP contribution in [0.5, 0.6) is 5.75 Å². The van der Waals surface area contributed by atoms with Crippen LogP contribution in [-0.4, -0.2) is 12.6 Å². The monoisotopic (exact) mass is 293 g/mol. The second-order valence-corrected chi connectivity index (χ2v) is 6.33. The van der Waals surface area contributed by atoms with Gasteiger partial charge in [-0.1, -0.05) is 19.9 Å². The molecule has 118 valence electrons. The minimum Gasteiger partial charge on any atom is -0.490 e. The zero-order valence-corrected chi connectivity index (χ0v) is 13.5. The molecule has 1 fully saturated rings. The average molecular weight is 293 g/mol. The fourth-order valence-corrected chi connectivity index (χ4v) is 3.03. The third-order valence-electron chi connectivity index (χ3n) is 4.40. The first-order valence-electron chi connectivity index (χ1n) is 8.30. The van der Waals surface area contributed by atoms with Gasteiger partial charge in [-0.05, 0) is 63.6 Å². The van der Waals surface area contributed by atoms with E-state index in [-0.39, 0.29) is 18.0 Å². The average Bonchev–Trinajstić information content (AvgIpc) is 2.47. The maximum Gasteiger partial charge on any atom is 0.131 e. The molecule has 0 heterocycles. The number of benzene rings is 1. The summed E-state index contributed by atoms with van der Waals surface area (Å²) < 4.78 is 20.4. The van der Waals surface area contributed by atoms with E-state index < -0.39 is 0 Å². The molecule has 1 aliphatic carbocycles. The summed E-state index contributed by atoms with van der Waals surface area (Å²) in [7, 11) is 0. The van der Waals surface area contributed by atoms with Crippen LogP contribution in [-0.2, 0) is 0 Å². The van der Waals surface area contributed by atoms with Crippen molar-refractivity contribution >= 4 is 0 Å². The van der Waals surface area contributed by atoms with Crippen LogP contribution < -0.4 is 10.1 Å². The van der Waals surface area contributed by atoms with E-state index in [4.69, 9.17) is 4.74 Å². The maximum atomic E-state index is 14.2. The van der Waals surface area contributed by atoms with Gasteiger partial charge in [-0.2, -0.15) is 0 Å². The van der Waals surface area contributed by atoms with Gasteiger partial charge in [0, 0.05) is 11.6 Å². The van der Waals surface area contributed by atoms with Crippen molar-refractivity contribution in [2.45, 2.75) is 65.0 Å². The normalized spacial score (nSPS) is 23.8. The van der Waals surface area contributed by atoms with Gasteiger partial charge in [-0.3, -0.25) is 0 Å². The molecule has 3 heteroatoms. The molecule has 0 amide bonds. The molecule has 0 aromatic heterocycles. The van der Waals surface area contributed by atoms with Crippen molar-refractivity contribution in [3.05, 3.63) is 29.6 Å². The number of rotatable bonds is 6. The maximum absolute atomic E-state index is 14.2. The second kappa shape index (κ2) is 7.79. The fourth-order valence-electron chi connectivity index (χ4n) is 3.03. The van der Waals surface area contributed by atoms with Gasteiger partial charge in [-0.15, -0.1) is 0 Å². The van der Waals surface area contributed by atoms with E-state index in [1.165, 1.54) is 18.9 Å². The first-order chi connectivity index (χ1) is 10.1. The van der Waals surface area contributed by atoms with E-state index in [1.807, 2.05) is 13.0 Å². The zero-order valence-electron chi connectivity index (χ0n) is 13.5. The molecule has 1 atom stereocenters. The highest BCUT2D eigenvalue weighted by molar-refractivity contribution is 5.37. The topological polar surface area (TPSA) is 21.3 Å². The van der Waals surface area contributed by atoms with Crippen LogP contribution in [0.25, 0.3) is 0 Å². The molecule has 1 aromatic carbocycles. The molecule has 1 saturated carbocycles. The molecular formula is C18H28FNO. The Balaban J connectivity index is 2.09. The summed E-state index contributed by atoms with van der Waals surface area (Å²) in [5.74, 6) is 1.33. The minimum absolute atomic E-state index is 0.0244. The Morgan fingerprint density at radius 1 is 1.29 bits per heavy atom. The Labute approximate surface area is 128 Å². The predicted molar refractivity (Wildman–Crippen MR) is 85.2 cm³/mol. The third-order valence-corrected chi connectivity index (χ3v) is 4.40. The molecule has 2 nitrogen and oxygen atoms in total. The largest absolute Gasteiger partial charge is 0.490 e. The van der Waals surface area contributed by atoms with Crippen molar-refractivity contribution in [1.29, 1.82) is 0 Å². The summed E-state index contributed by atoms with van der Waals surface area (Å²) >= 11 is 0. The summed E-state index contributed by atoms with van der Waals surface area (Å²) in [5.41, 5.74) is 0.671. The summed E-state index contributed by atoms with van der Waals surface area (Å²) in [6, 6.07) is 5.14. The van der Waals surface area contributed by atoms with Crippen molar-refractivity contribution in [3.8, 4) is 5.75 Å². The number of halogens is 1. The minimum atomic E-state index is -0.173. The molecule has 0 aliphatic heterocycles. The molecule has 1 N–H and O–H groups in total. The van der Waals surface area contributed by atoms with Crippen LogP contribution in [0.4, 0.5) is 4.39 Å². The quantitative estimate of drug-likeness (QED) is 0.810. The molecule has 0 spiro atoms. The Kier molecular flexibility index (Phi) is 6.04. The Bertz CT molecular complexity index is 441. The molecule has 1 aromatic rings. The lowest BCUT2D eigenvalue weighted by Gasteiger charge is -2.28. The van der Waals surface area contributed by atoms with Gasteiger partial charge in [0.25, 0.3) is 0 Å². The predicted octanol–water partition coefficient (Wildman–Crippen LogP) is 4.84. The van der Waals surface area contributed by atoms with Crippen molar-refractivity contribution in [2.24, 2.45) is 5.92 Å². The summed E-state index contributed by atoms with van der Waals surface area (Å²) in [4.78, 5) is 0. The van der Waals surface area contributed by atoms with Gasteiger partial charge >= 0.3 is 0 Å². The number of ether oxygens (including phenoxy) is 1. The van der Waals surface area contributed by atoms with Crippen LogP contribution in [0.15, 0.2) is 18.2 Å². The number of nitrogens with one attached hydrogen (secondary N) is 1. The van der Waals surface area contributed by atoms with Gasteiger partial charge in [0.2, 0.25) is 0 Å². The van der Waals surface area contributed by atoms with Crippen molar-refractivity contribution in [1.82, 2.24) is 5.32 Å². The van der Waals surface area contributed by atoms with Gasteiger partial charge < -0.3 is 10.1 Å². The van der Waals surface area contributed by atoms with E-state index >= 15 is 0 Å². The van der Waals surface area contributed by atoms with Crippen LogP contribution in [0.1, 0.15) is 64.5 Å². The van der Waals surface area contributed by atoms with E-state index in [0.29, 0.717) is 11.3 Å². The van der Waals surface area contributed by atoms with Crippen LogP contribution in [0.3, 0.4) is 0 Å². The number of hydrogen-bond acceptors (Lipinski definition) is 2. The van der Waals surface area contributed by atoms with Crippen LogP contribution in [0.2, 0.25) is 0 Å². The summed E-state index contributed by atoms with van der Waals surface area (Å²) in [6.07, 6.45) is 5.84. The summed E-state index contributed by atoms with van der Waals surface area (Å²) in [6.45, 7) is 7.29.